The maximum absolute atomic E-state index is 14.4. The van der Waals surface area contributed by atoms with Crippen LogP contribution in [-0.2, 0) is 33.9 Å². The Labute approximate surface area is 308 Å². The van der Waals surface area contributed by atoms with Crippen LogP contribution in [0.3, 0.4) is 0 Å². The number of hydrogen-bond acceptors (Lipinski definition) is 11. The average Bonchev–Trinajstić information content (AvgIpc) is 4.03. The van der Waals surface area contributed by atoms with E-state index in [4.69, 9.17) is 14.2 Å². The lowest BCUT2D eigenvalue weighted by Crippen LogP contribution is -2.60. The van der Waals surface area contributed by atoms with E-state index in [-0.39, 0.29) is 31.8 Å². The molecule has 286 valence electrons. The first kappa shape index (κ1) is 39.0. The predicted molar refractivity (Wildman–Crippen MR) is 193 cm³/mol. The highest BCUT2D eigenvalue weighted by molar-refractivity contribution is 7.91. The standard InChI is InChI=1S/C36H46N6O10S/c1-8-22-18-36(22,33(46)40-53(48,49)25-11-12-25)39-30(44)28-17-24(51-31-26-13-10-23(50-7)16-21(26)14-15-37-31)19-42(28)32(45)27(20-41(6)29(43)9-2)38-34(47)52-35(3,4)5/h8-10,13-16,22,24-25,27-28H,1-2,11-12,17-20H2,3-7H3,(H,38,47)(H,39,44)(H,40,46)/t22-,24-,27+,28+,36-/m1/s1. The minimum atomic E-state index is -3.94. The summed E-state index contributed by atoms with van der Waals surface area (Å²) >= 11 is 0. The second-order valence-corrected chi connectivity index (χ2v) is 16.5. The van der Waals surface area contributed by atoms with E-state index in [1.165, 1.54) is 22.9 Å². The summed E-state index contributed by atoms with van der Waals surface area (Å²) in [6.45, 7) is 11.7. The lowest BCUT2D eigenvalue weighted by Gasteiger charge is -2.31. The molecule has 1 saturated heterocycles. The minimum Gasteiger partial charge on any atom is -0.497 e. The number of carbonyl (C=O) groups is 5. The fraction of sp³-hybridized carbons (Fsp3) is 0.500. The zero-order chi connectivity index (χ0) is 38.9. The number of likely N-dealkylation sites (N-methyl/N-ethyl adjacent to an activating group) is 1. The minimum absolute atomic E-state index is 0.0663. The number of nitrogens with one attached hydrogen (secondary N) is 3. The third-order valence-electron chi connectivity index (χ3n) is 9.31. The van der Waals surface area contributed by atoms with Crippen LogP contribution in [0.4, 0.5) is 4.79 Å². The number of hydrogen-bond donors (Lipinski definition) is 3. The molecule has 3 fully saturated rings. The van der Waals surface area contributed by atoms with Crippen molar-refractivity contribution in [3.8, 4) is 11.6 Å². The summed E-state index contributed by atoms with van der Waals surface area (Å²) in [6, 6.07) is 4.44. The van der Waals surface area contributed by atoms with Gasteiger partial charge in [-0.1, -0.05) is 12.7 Å². The van der Waals surface area contributed by atoms with Gasteiger partial charge >= 0.3 is 6.09 Å². The van der Waals surface area contributed by atoms with Crippen LogP contribution < -0.4 is 24.8 Å². The summed E-state index contributed by atoms with van der Waals surface area (Å²) in [5, 5.41) is 6.00. The van der Waals surface area contributed by atoms with Gasteiger partial charge in [-0.2, -0.15) is 0 Å². The quantitative estimate of drug-likeness (QED) is 0.188. The molecule has 0 spiro atoms. The molecule has 5 amide bonds. The fourth-order valence-electron chi connectivity index (χ4n) is 6.26. The van der Waals surface area contributed by atoms with Gasteiger partial charge in [0.05, 0.1) is 25.4 Å². The van der Waals surface area contributed by atoms with Crippen molar-refractivity contribution < 1.29 is 46.6 Å². The molecule has 2 aliphatic carbocycles. The van der Waals surface area contributed by atoms with Crippen LogP contribution in [0, 0.1) is 5.92 Å². The smallest absolute Gasteiger partial charge is 0.408 e. The first-order valence-electron chi connectivity index (χ1n) is 17.2. The number of sulfonamides is 1. The second kappa shape index (κ2) is 15.0. The van der Waals surface area contributed by atoms with Gasteiger partial charge in [0.15, 0.2) is 0 Å². The van der Waals surface area contributed by atoms with E-state index in [2.05, 4.69) is 33.5 Å². The number of pyridine rings is 1. The van der Waals surface area contributed by atoms with Gasteiger partial charge in [-0.3, -0.25) is 23.9 Å². The summed E-state index contributed by atoms with van der Waals surface area (Å²) in [6.07, 6.45) is 3.21. The van der Waals surface area contributed by atoms with E-state index in [0.717, 1.165) is 11.5 Å². The van der Waals surface area contributed by atoms with Crippen molar-refractivity contribution in [1.82, 2.24) is 30.1 Å². The molecule has 1 aromatic carbocycles. The van der Waals surface area contributed by atoms with Gasteiger partial charge in [0, 0.05) is 31.0 Å². The third kappa shape index (κ3) is 8.89. The van der Waals surface area contributed by atoms with E-state index < -0.39 is 80.2 Å². The Bertz CT molecular complexity index is 1930. The molecule has 2 aromatic rings. The average molecular weight is 755 g/mol. The van der Waals surface area contributed by atoms with Gasteiger partial charge in [0.1, 0.15) is 35.1 Å². The van der Waals surface area contributed by atoms with Gasteiger partial charge < -0.3 is 34.6 Å². The van der Waals surface area contributed by atoms with Gasteiger partial charge in [0.2, 0.25) is 33.6 Å². The highest BCUT2D eigenvalue weighted by atomic mass is 32.2. The zero-order valence-electron chi connectivity index (χ0n) is 30.4. The van der Waals surface area contributed by atoms with E-state index in [0.29, 0.717) is 24.0 Å². The van der Waals surface area contributed by atoms with Crippen molar-refractivity contribution >= 4 is 50.5 Å². The van der Waals surface area contributed by atoms with Gasteiger partial charge in [-0.25, -0.2) is 18.2 Å². The lowest BCUT2D eigenvalue weighted by atomic mass is 10.1. The number of ether oxygens (including phenoxy) is 3. The number of benzene rings is 1. The Balaban J connectivity index is 1.46. The Morgan fingerprint density at radius 2 is 1.87 bits per heavy atom. The van der Waals surface area contributed by atoms with E-state index in [1.807, 2.05) is 0 Å². The molecule has 0 bridgehead atoms. The second-order valence-electron chi connectivity index (χ2n) is 14.5. The monoisotopic (exact) mass is 754 g/mol. The zero-order valence-corrected chi connectivity index (χ0v) is 31.2. The number of likely N-dealkylation sites (tertiary alicyclic amines) is 1. The molecule has 17 heteroatoms. The van der Waals surface area contributed by atoms with Crippen LogP contribution in [0.5, 0.6) is 11.6 Å². The van der Waals surface area contributed by atoms with Crippen LogP contribution in [0.25, 0.3) is 10.8 Å². The molecular formula is C36H46N6O10S. The Morgan fingerprint density at radius 3 is 2.47 bits per heavy atom. The Morgan fingerprint density at radius 1 is 1.15 bits per heavy atom. The first-order chi connectivity index (χ1) is 24.9. The van der Waals surface area contributed by atoms with Gasteiger partial charge in [0.25, 0.3) is 5.91 Å². The molecule has 1 aliphatic heterocycles. The van der Waals surface area contributed by atoms with Crippen molar-refractivity contribution in [2.45, 2.75) is 81.0 Å². The van der Waals surface area contributed by atoms with Gasteiger partial charge in [-0.05, 0) is 75.8 Å². The maximum atomic E-state index is 14.4. The topological polar surface area (TPSA) is 203 Å². The normalized spacial score (nSPS) is 22.9. The fourth-order valence-corrected chi connectivity index (χ4v) is 7.62. The number of alkyl carbamates (subject to hydrolysis) is 1. The SMILES string of the molecule is C=CC(=O)N(C)C[C@H](NC(=O)OC(C)(C)C)C(=O)N1C[C@H](Oc2nccc3cc(OC)ccc23)C[C@H]1C(=O)N[C@]1(C(=O)NS(=O)(=O)C2CC2)C[C@H]1C=C. The number of aromatic nitrogens is 1. The molecule has 2 saturated carbocycles. The molecule has 3 aliphatic rings. The number of fused-ring (bicyclic) bond motifs is 1. The van der Waals surface area contributed by atoms with E-state index in [1.54, 1.807) is 58.3 Å². The molecule has 0 radical (unpaired) electrons. The molecule has 2 heterocycles. The number of methoxy groups -OCH3 is 1. The summed E-state index contributed by atoms with van der Waals surface area (Å²) in [5.74, 6) is -2.64. The molecule has 5 atom stereocenters. The Hall–Kier alpha value is -5.19. The van der Waals surface area contributed by atoms with Crippen LogP contribution in [-0.4, -0.2) is 115 Å². The molecule has 53 heavy (non-hydrogen) atoms. The van der Waals surface area contributed by atoms with Crippen LogP contribution in [0.15, 0.2) is 55.8 Å². The van der Waals surface area contributed by atoms with E-state index in [9.17, 15) is 32.4 Å². The molecule has 3 N–H and O–H groups in total. The first-order valence-corrected chi connectivity index (χ1v) is 18.7. The molecular weight excluding hydrogens is 708 g/mol. The van der Waals surface area contributed by atoms with Crippen LogP contribution in [0.2, 0.25) is 0 Å². The number of amides is 5. The number of rotatable bonds is 14. The predicted octanol–water partition coefficient (Wildman–Crippen LogP) is 1.80. The lowest BCUT2D eigenvalue weighted by molar-refractivity contribution is -0.141. The summed E-state index contributed by atoms with van der Waals surface area (Å²) in [7, 11) is -0.974. The highest BCUT2D eigenvalue weighted by Gasteiger charge is 2.62. The van der Waals surface area contributed by atoms with Gasteiger partial charge in [-0.15, -0.1) is 6.58 Å². The molecule has 16 nitrogen and oxygen atoms in total. The Kier molecular flexibility index (Phi) is 11.1. The summed E-state index contributed by atoms with van der Waals surface area (Å²) in [4.78, 5) is 74.3. The van der Waals surface area contributed by atoms with E-state index >= 15 is 0 Å². The molecule has 5 rings (SSSR count). The summed E-state index contributed by atoms with van der Waals surface area (Å²) in [5.41, 5.74) is -2.53. The summed E-state index contributed by atoms with van der Waals surface area (Å²) < 4.78 is 44.5. The molecule has 0 unspecified atom stereocenters. The highest BCUT2D eigenvalue weighted by Crippen LogP contribution is 2.45. The number of nitrogens with zero attached hydrogens (tertiary/aromatic N) is 3. The third-order valence-corrected chi connectivity index (χ3v) is 11.1. The van der Waals surface area contributed by atoms with Crippen molar-refractivity contribution in [2.75, 3.05) is 27.2 Å². The van der Waals surface area contributed by atoms with Crippen molar-refractivity contribution in [1.29, 1.82) is 0 Å². The van der Waals surface area contributed by atoms with Crippen molar-refractivity contribution in [3.63, 3.8) is 0 Å². The van der Waals surface area contributed by atoms with Crippen molar-refractivity contribution in [3.05, 3.63) is 55.8 Å². The maximum Gasteiger partial charge on any atom is 0.408 e. The van der Waals surface area contributed by atoms with Crippen LogP contribution >= 0.6 is 0 Å². The largest absolute Gasteiger partial charge is 0.497 e. The van der Waals surface area contributed by atoms with Crippen LogP contribution in [0.1, 0.15) is 46.5 Å². The number of carbonyl (C=O) groups excluding carboxylic acids is 5. The molecule has 1 aromatic heterocycles. The van der Waals surface area contributed by atoms with Crippen molar-refractivity contribution in [2.24, 2.45) is 5.92 Å².